The van der Waals surface area contributed by atoms with Gasteiger partial charge in [-0.3, -0.25) is 9.36 Å². The fourth-order valence-electron chi connectivity index (χ4n) is 4.90. The second-order valence-corrected chi connectivity index (χ2v) is 10.3. The second kappa shape index (κ2) is 11.8. The number of hydrogen-bond donors (Lipinski definition) is 1. The molecule has 1 aromatic heterocycles. The van der Waals surface area contributed by atoms with E-state index in [1.807, 2.05) is 87.5 Å². The van der Waals surface area contributed by atoms with Gasteiger partial charge in [-0.2, -0.15) is 0 Å². The molecule has 4 aromatic carbocycles. The molecule has 2 amide bonds. The molecule has 0 fully saturated rings. The molecule has 7 heteroatoms. The molecule has 1 atom stereocenters. The number of anilines is 1. The average Bonchev–Trinajstić information content (AvgIpc) is 2.95. The number of nitrogens with one attached hydrogen (secondary N) is 1. The number of urea groups is 1. The van der Waals surface area contributed by atoms with E-state index in [1.54, 1.807) is 39.8 Å². The van der Waals surface area contributed by atoms with E-state index in [-0.39, 0.29) is 11.6 Å². The number of nitrogens with zero attached hydrogens (tertiary/aromatic N) is 3. The number of amides is 2. The third-order valence-corrected chi connectivity index (χ3v) is 7.38. The van der Waals surface area contributed by atoms with Gasteiger partial charge in [-0.05, 0) is 79.4 Å². The van der Waals surface area contributed by atoms with Gasteiger partial charge in [0, 0.05) is 17.3 Å². The van der Waals surface area contributed by atoms with Crippen LogP contribution in [0.3, 0.4) is 0 Å². The topological polar surface area (TPSA) is 67.2 Å². The van der Waals surface area contributed by atoms with Crippen LogP contribution in [0.15, 0.2) is 102 Å². The highest BCUT2D eigenvalue weighted by atomic mass is 35.5. The number of aryl methyl sites for hydroxylation is 2. The number of halogens is 1. The summed E-state index contributed by atoms with van der Waals surface area (Å²) in [6.07, 6.45) is 0.533. The minimum atomic E-state index is -0.515. The molecule has 0 radical (unpaired) electrons. The van der Waals surface area contributed by atoms with Crippen LogP contribution in [-0.4, -0.2) is 20.5 Å². The van der Waals surface area contributed by atoms with Crippen LogP contribution in [0.25, 0.3) is 16.6 Å². The smallest absolute Gasteiger partial charge is 0.310 e. The first-order chi connectivity index (χ1) is 19.4. The monoisotopic (exact) mass is 550 g/mol. The summed E-state index contributed by atoms with van der Waals surface area (Å²) >= 11 is 6.20. The minimum Gasteiger partial charge on any atom is -0.310 e. The summed E-state index contributed by atoms with van der Waals surface area (Å²) in [5.41, 5.74) is 4.89. The molecule has 0 bridgehead atoms. The van der Waals surface area contributed by atoms with Gasteiger partial charge in [0.05, 0.1) is 22.6 Å². The first-order valence-corrected chi connectivity index (χ1v) is 13.7. The summed E-state index contributed by atoms with van der Waals surface area (Å²) in [7, 11) is 0. The van der Waals surface area contributed by atoms with Crippen molar-refractivity contribution in [1.29, 1.82) is 0 Å². The first kappa shape index (κ1) is 27.2. The van der Waals surface area contributed by atoms with Gasteiger partial charge in [-0.25, -0.2) is 9.78 Å². The molecule has 0 saturated carbocycles. The molecule has 0 aliphatic heterocycles. The Morgan fingerprint density at radius 2 is 1.68 bits per heavy atom. The van der Waals surface area contributed by atoms with E-state index < -0.39 is 6.04 Å². The molecule has 0 spiro atoms. The lowest BCUT2D eigenvalue weighted by molar-refractivity contribution is 0.177. The van der Waals surface area contributed by atoms with Crippen molar-refractivity contribution in [1.82, 2.24) is 14.5 Å². The molecule has 6 nitrogen and oxygen atoms in total. The Morgan fingerprint density at radius 3 is 2.40 bits per heavy atom. The summed E-state index contributed by atoms with van der Waals surface area (Å²) in [6.45, 7) is 6.39. The van der Waals surface area contributed by atoms with Gasteiger partial charge in [0.15, 0.2) is 0 Å². The molecule has 0 aliphatic rings. The number of fused-ring (bicyclic) bond motifs is 1. The zero-order valence-corrected chi connectivity index (χ0v) is 23.5. The summed E-state index contributed by atoms with van der Waals surface area (Å²) in [5, 5.41) is 4.05. The molecule has 5 aromatic rings. The summed E-state index contributed by atoms with van der Waals surface area (Å²) < 4.78 is 1.66. The number of aromatic nitrogens is 2. The molecular weight excluding hydrogens is 520 g/mol. The molecule has 1 heterocycles. The van der Waals surface area contributed by atoms with Crippen LogP contribution >= 0.6 is 11.6 Å². The van der Waals surface area contributed by atoms with Gasteiger partial charge in [-0.1, -0.05) is 73.1 Å². The average molecular weight is 551 g/mol. The van der Waals surface area contributed by atoms with E-state index in [2.05, 4.69) is 5.32 Å². The molecule has 202 valence electrons. The van der Waals surface area contributed by atoms with Gasteiger partial charge in [0.25, 0.3) is 5.56 Å². The van der Waals surface area contributed by atoms with Crippen LogP contribution < -0.4 is 10.9 Å². The fraction of sp³-hybridized carbons (Fsp3) is 0.182. The van der Waals surface area contributed by atoms with Crippen LogP contribution in [-0.2, 0) is 6.54 Å². The molecule has 40 heavy (non-hydrogen) atoms. The predicted octanol–water partition coefficient (Wildman–Crippen LogP) is 7.84. The van der Waals surface area contributed by atoms with Crippen molar-refractivity contribution in [2.75, 3.05) is 5.32 Å². The lowest BCUT2D eigenvalue weighted by atomic mass is 10.1. The Morgan fingerprint density at radius 1 is 0.925 bits per heavy atom. The van der Waals surface area contributed by atoms with Crippen molar-refractivity contribution in [3.05, 3.63) is 135 Å². The van der Waals surface area contributed by atoms with E-state index >= 15 is 0 Å². The van der Waals surface area contributed by atoms with Crippen LogP contribution in [0.1, 0.15) is 41.9 Å². The Hall–Kier alpha value is -4.42. The molecule has 1 N–H and O–H groups in total. The normalized spacial score (nSPS) is 11.8. The van der Waals surface area contributed by atoms with E-state index in [9.17, 15) is 9.59 Å². The van der Waals surface area contributed by atoms with E-state index in [0.29, 0.717) is 40.4 Å². The number of para-hydroxylation sites is 1. The maximum atomic E-state index is 14.0. The molecule has 0 aliphatic carbocycles. The summed E-state index contributed by atoms with van der Waals surface area (Å²) in [4.78, 5) is 34.8. The van der Waals surface area contributed by atoms with Gasteiger partial charge in [0.1, 0.15) is 5.82 Å². The highest BCUT2D eigenvalue weighted by molar-refractivity contribution is 6.30. The van der Waals surface area contributed by atoms with Crippen LogP contribution in [0.2, 0.25) is 5.02 Å². The van der Waals surface area contributed by atoms with Crippen molar-refractivity contribution < 1.29 is 4.79 Å². The quantitative estimate of drug-likeness (QED) is 0.224. The lowest BCUT2D eigenvalue weighted by Gasteiger charge is -2.32. The summed E-state index contributed by atoms with van der Waals surface area (Å²) in [5.74, 6) is 0.506. The lowest BCUT2D eigenvalue weighted by Crippen LogP contribution is -2.40. The fourth-order valence-corrected chi connectivity index (χ4v) is 5.09. The number of benzene rings is 4. The van der Waals surface area contributed by atoms with Crippen molar-refractivity contribution in [2.24, 2.45) is 0 Å². The van der Waals surface area contributed by atoms with Gasteiger partial charge in [0.2, 0.25) is 0 Å². The number of rotatable bonds is 7. The number of carbonyl (C=O) groups is 1. The predicted molar refractivity (Wildman–Crippen MR) is 162 cm³/mol. The largest absolute Gasteiger partial charge is 0.322 e. The van der Waals surface area contributed by atoms with Crippen molar-refractivity contribution in [3.8, 4) is 5.69 Å². The minimum absolute atomic E-state index is 0.169. The van der Waals surface area contributed by atoms with E-state index in [1.165, 1.54) is 0 Å². The van der Waals surface area contributed by atoms with Gasteiger partial charge in [-0.15, -0.1) is 0 Å². The zero-order chi connectivity index (χ0) is 28.2. The van der Waals surface area contributed by atoms with Crippen LogP contribution in [0.4, 0.5) is 10.5 Å². The van der Waals surface area contributed by atoms with E-state index in [4.69, 9.17) is 16.6 Å². The second-order valence-electron chi connectivity index (χ2n) is 9.87. The van der Waals surface area contributed by atoms with Crippen LogP contribution in [0.5, 0.6) is 0 Å². The molecule has 5 rings (SSSR count). The molecule has 1 unspecified atom stereocenters. The molecular formula is C33H31ClN4O2. The highest BCUT2D eigenvalue weighted by Crippen LogP contribution is 2.29. The van der Waals surface area contributed by atoms with Crippen molar-refractivity contribution in [3.63, 3.8) is 0 Å². The number of hydrogen-bond acceptors (Lipinski definition) is 3. The van der Waals surface area contributed by atoms with Crippen LogP contribution in [0, 0.1) is 13.8 Å². The Labute approximate surface area is 238 Å². The molecule has 0 saturated heterocycles. The first-order valence-electron chi connectivity index (χ1n) is 13.3. The van der Waals surface area contributed by atoms with Gasteiger partial charge < -0.3 is 10.2 Å². The van der Waals surface area contributed by atoms with Gasteiger partial charge >= 0.3 is 6.03 Å². The Balaban J connectivity index is 1.69. The standard InChI is InChI=1S/C33H31ClN4O2/c1-4-30(37(21-24-11-6-5-7-12-24)33(40)35-26-14-10-13-25(34)20-26)31-36-29-16-9-8-15-28(29)32(39)38(31)27-18-17-22(2)23(3)19-27/h5-20,30H,4,21H2,1-3H3,(H,35,40). The van der Waals surface area contributed by atoms with Crippen molar-refractivity contribution in [2.45, 2.75) is 39.8 Å². The zero-order valence-electron chi connectivity index (χ0n) is 22.8. The third-order valence-electron chi connectivity index (χ3n) is 7.14. The highest BCUT2D eigenvalue weighted by Gasteiger charge is 2.29. The number of carbonyl (C=O) groups excluding carboxylic acids is 1. The third kappa shape index (κ3) is 5.63. The van der Waals surface area contributed by atoms with Crippen molar-refractivity contribution >= 4 is 34.2 Å². The van der Waals surface area contributed by atoms with E-state index in [0.717, 1.165) is 22.4 Å². The summed E-state index contributed by atoms with van der Waals surface area (Å²) in [6, 6.07) is 29.3. The Bertz CT molecular complexity index is 1730. The maximum Gasteiger partial charge on any atom is 0.322 e. The SMILES string of the molecule is CCC(c1nc2ccccc2c(=O)n1-c1ccc(C)c(C)c1)N(Cc1ccccc1)C(=O)Nc1cccc(Cl)c1. The maximum absolute atomic E-state index is 14.0. The Kier molecular flexibility index (Phi) is 7.99.